The molecule has 6 heteroatoms. The third-order valence-corrected chi connectivity index (χ3v) is 7.67. The third kappa shape index (κ3) is 4.73. The van der Waals surface area contributed by atoms with Gasteiger partial charge in [0.1, 0.15) is 0 Å². The number of carbonyl (C=O) groups is 1. The summed E-state index contributed by atoms with van der Waals surface area (Å²) in [6.07, 6.45) is 1.91. The van der Waals surface area contributed by atoms with E-state index in [1.165, 1.54) is 11.3 Å². The Kier molecular flexibility index (Phi) is 7.05. The minimum absolute atomic E-state index is 0.0612. The summed E-state index contributed by atoms with van der Waals surface area (Å²) >= 11 is 0. The number of hydrogen-bond donors (Lipinski definition) is 2. The number of H-pyrrole nitrogens is 1. The maximum absolute atomic E-state index is 13.2. The van der Waals surface area contributed by atoms with Crippen LogP contribution in [-0.2, 0) is 10.2 Å². The van der Waals surface area contributed by atoms with Crippen LogP contribution in [0.15, 0.2) is 72.8 Å². The van der Waals surface area contributed by atoms with Crippen LogP contribution in [0.3, 0.4) is 0 Å². The Morgan fingerprint density at radius 1 is 1.00 bits per heavy atom. The van der Waals surface area contributed by atoms with Gasteiger partial charge in [-0.3, -0.25) is 9.89 Å². The highest BCUT2D eigenvalue weighted by molar-refractivity contribution is 6.01. The molecule has 2 N–H and O–H groups in total. The second-order valence-corrected chi connectivity index (χ2v) is 9.52. The van der Waals surface area contributed by atoms with E-state index in [0.717, 1.165) is 61.3 Å². The molecular formula is C30H34N4O2. The molecule has 0 spiro atoms. The Hall–Kier alpha value is -3.64. The van der Waals surface area contributed by atoms with Crippen LogP contribution in [0.25, 0.3) is 22.2 Å². The number of nitrogens with zero attached hydrogens (tertiary/aromatic N) is 2. The number of morpholine rings is 1. The van der Waals surface area contributed by atoms with E-state index in [1.54, 1.807) is 0 Å². The molecule has 0 atom stereocenters. The number of benzene rings is 3. The van der Waals surface area contributed by atoms with Crippen LogP contribution in [0.5, 0.6) is 0 Å². The van der Waals surface area contributed by atoms with Gasteiger partial charge >= 0.3 is 0 Å². The quantitative estimate of drug-likeness (QED) is 0.345. The number of nitrogens with one attached hydrogen (secondary N) is 2. The molecule has 0 unspecified atom stereocenters. The van der Waals surface area contributed by atoms with Gasteiger partial charge in [0.05, 0.1) is 24.4 Å². The summed E-state index contributed by atoms with van der Waals surface area (Å²) in [6.45, 7) is 8.32. The Morgan fingerprint density at radius 3 is 2.42 bits per heavy atom. The number of aromatic amines is 1. The number of ether oxygens (including phenoxy) is 1. The second-order valence-electron chi connectivity index (χ2n) is 9.52. The maximum atomic E-state index is 13.2. The lowest BCUT2D eigenvalue weighted by molar-refractivity contribution is 0.0941. The molecule has 2 heterocycles. The highest BCUT2D eigenvalue weighted by atomic mass is 16.5. The average Bonchev–Trinajstić information content (AvgIpc) is 3.38. The molecular weight excluding hydrogens is 448 g/mol. The molecule has 0 bridgehead atoms. The normalized spacial score (nSPS) is 14.2. The van der Waals surface area contributed by atoms with Gasteiger partial charge in [-0.1, -0.05) is 56.3 Å². The van der Waals surface area contributed by atoms with Crippen molar-refractivity contribution in [3.63, 3.8) is 0 Å². The molecule has 1 aliphatic rings. The fourth-order valence-electron chi connectivity index (χ4n) is 5.18. The molecule has 4 aromatic rings. The fraction of sp³-hybridized carbons (Fsp3) is 0.333. The van der Waals surface area contributed by atoms with Crippen LogP contribution < -0.4 is 10.2 Å². The summed E-state index contributed by atoms with van der Waals surface area (Å²) in [5.41, 5.74) is 5.82. The lowest BCUT2D eigenvalue weighted by Gasteiger charge is -2.32. The number of carbonyl (C=O) groups excluding carboxylic acids is 1. The smallest absolute Gasteiger partial charge is 0.251 e. The third-order valence-electron chi connectivity index (χ3n) is 7.67. The van der Waals surface area contributed by atoms with E-state index in [9.17, 15) is 4.79 Å². The molecule has 1 aliphatic heterocycles. The first-order valence-electron chi connectivity index (χ1n) is 12.9. The highest BCUT2D eigenvalue weighted by Crippen LogP contribution is 2.32. The van der Waals surface area contributed by atoms with Crippen LogP contribution in [0.4, 0.5) is 5.69 Å². The summed E-state index contributed by atoms with van der Waals surface area (Å²) in [5.74, 6) is -0.0612. The Bertz CT molecular complexity index is 1300. The topological polar surface area (TPSA) is 70.2 Å². The van der Waals surface area contributed by atoms with E-state index in [0.29, 0.717) is 12.1 Å². The molecule has 0 radical (unpaired) electrons. The minimum atomic E-state index is -0.0793. The second kappa shape index (κ2) is 10.5. The molecule has 1 fully saturated rings. The predicted molar refractivity (Wildman–Crippen MR) is 146 cm³/mol. The molecule has 1 aromatic heterocycles. The van der Waals surface area contributed by atoms with Crippen molar-refractivity contribution in [3.05, 3.63) is 83.9 Å². The molecule has 186 valence electrons. The van der Waals surface area contributed by atoms with E-state index in [2.05, 4.69) is 82.8 Å². The van der Waals surface area contributed by atoms with Crippen molar-refractivity contribution in [1.82, 2.24) is 15.5 Å². The summed E-state index contributed by atoms with van der Waals surface area (Å²) in [5, 5.41) is 11.8. The van der Waals surface area contributed by atoms with Gasteiger partial charge in [-0.25, -0.2) is 0 Å². The highest BCUT2D eigenvalue weighted by Gasteiger charge is 2.29. The largest absolute Gasteiger partial charge is 0.378 e. The first kappa shape index (κ1) is 24.1. The van der Waals surface area contributed by atoms with Gasteiger partial charge < -0.3 is 15.0 Å². The van der Waals surface area contributed by atoms with Gasteiger partial charge in [-0.15, -0.1) is 0 Å². The van der Waals surface area contributed by atoms with E-state index in [4.69, 9.17) is 4.74 Å². The number of anilines is 1. The van der Waals surface area contributed by atoms with Crippen molar-refractivity contribution in [2.24, 2.45) is 0 Å². The molecule has 3 aromatic carbocycles. The zero-order chi connectivity index (χ0) is 25.0. The monoisotopic (exact) mass is 482 g/mol. The molecule has 1 saturated heterocycles. The first-order chi connectivity index (χ1) is 17.6. The van der Waals surface area contributed by atoms with Gasteiger partial charge in [-0.2, -0.15) is 5.10 Å². The lowest BCUT2D eigenvalue weighted by atomic mass is 9.76. The predicted octanol–water partition coefficient (Wildman–Crippen LogP) is 5.55. The van der Waals surface area contributed by atoms with Crippen molar-refractivity contribution in [3.8, 4) is 11.3 Å². The SMILES string of the molecule is CCC(CC)(CNC(=O)c1ccc2[nH]nc(-c3ccc(N4CCOCC4)cc3)c2c1)c1ccccc1. The van der Waals surface area contributed by atoms with Gasteiger partial charge in [-0.05, 0) is 48.7 Å². The lowest BCUT2D eigenvalue weighted by Crippen LogP contribution is -2.40. The zero-order valence-electron chi connectivity index (χ0n) is 21.1. The molecule has 0 saturated carbocycles. The van der Waals surface area contributed by atoms with Crippen LogP contribution >= 0.6 is 0 Å². The van der Waals surface area contributed by atoms with Crippen molar-refractivity contribution in [2.45, 2.75) is 32.1 Å². The molecule has 6 nitrogen and oxygen atoms in total. The van der Waals surface area contributed by atoms with E-state index in [1.807, 2.05) is 24.3 Å². The Labute approximate surface area is 212 Å². The Balaban J connectivity index is 1.35. The summed E-state index contributed by atoms with van der Waals surface area (Å²) in [4.78, 5) is 15.6. The number of rotatable bonds is 8. The van der Waals surface area contributed by atoms with E-state index in [-0.39, 0.29) is 11.3 Å². The minimum Gasteiger partial charge on any atom is -0.378 e. The van der Waals surface area contributed by atoms with Crippen LogP contribution in [0.1, 0.15) is 42.6 Å². The summed E-state index contributed by atoms with van der Waals surface area (Å²) in [6, 6.07) is 24.7. The molecule has 1 amide bonds. The fourth-order valence-corrected chi connectivity index (χ4v) is 5.18. The van der Waals surface area contributed by atoms with Crippen LogP contribution in [-0.4, -0.2) is 49.0 Å². The van der Waals surface area contributed by atoms with Crippen LogP contribution in [0.2, 0.25) is 0 Å². The number of aromatic nitrogens is 2. The molecule has 5 rings (SSSR count). The number of amides is 1. The van der Waals surface area contributed by atoms with Crippen molar-refractivity contribution in [1.29, 1.82) is 0 Å². The van der Waals surface area contributed by atoms with Crippen LogP contribution in [0, 0.1) is 0 Å². The molecule has 36 heavy (non-hydrogen) atoms. The number of fused-ring (bicyclic) bond motifs is 1. The first-order valence-corrected chi connectivity index (χ1v) is 12.9. The van der Waals surface area contributed by atoms with Crippen molar-refractivity contribution < 1.29 is 9.53 Å². The van der Waals surface area contributed by atoms with Crippen molar-refractivity contribution in [2.75, 3.05) is 37.7 Å². The van der Waals surface area contributed by atoms with Crippen molar-refractivity contribution >= 4 is 22.5 Å². The summed E-state index contributed by atoms with van der Waals surface area (Å²) < 4.78 is 5.47. The summed E-state index contributed by atoms with van der Waals surface area (Å²) in [7, 11) is 0. The maximum Gasteiger partial charge on any atom is 0.251 e. The Morgan fingerprint density at radius 2 is 1.72 bits per heavy atom. The number of hydrogen-bond acceptors (Lipinski definition) is 4. The van der Waals surface area contributed by atoms with Gasteiger partial charge in [0.15, 0.2) is 0 Å². The van der Waals surface area contributed by atoms with Gasteiger partial charge in [0, 0.05) is 47.2 Å². The average molecular weight is 483 g/mol. The zero-order valence-corrected chi connectivity index (χ0v) is 21.1. The standard InChI is InChI=1S/C30H34N4O2/c1-3-30(4-2,24-8-6-5-7-9-24)21-31-29(35)23-12-15-27-26(20-23)28(33-32-27)22-10-13-25(14-11-22)34-16-18-36-19-17-34/h5-15,20H,3-4,16-19,21H2,1-2H3,(H,31,35)(H,32,33). The van der Waals surface area contributed by atoms with E-state index >= 15 is 0 Å². The van der Waals surface area contributed by atoms with Gasteiger partial charge in [0.2, 0.25) is 0 Å². The molecule has 0 aliphatic carbocycles. The van der Waals surface area contributed by atoms with Gasteiger partial charge in [0.25, 0.3) is 5.91 Å². The van der Waals surface area contributed by atoms with E-state index < -0.39 is 0 Å².